The van der Waals surface area contributed by atoms with Crippen LogP contribution in [0.4, 0.5) is 0 Å². The summed E-state index contributed by atoms with van der Waals surface area (Å²) >= 11 is 0. The number of ketones is 2. The van der Waals surface area contributed by atoms with Crippen LogP contribution in [-0.4, -0.2) is 57.4 Å². The van der Waals surface area contributed by atoms with Crippen molar-refractivity contribution in [2.75, 3.05) is 13.2 Å². The molecule has 2 heterocycles. The number of carbonyl (C=O) groups excluding carboxylic acids is 2. The lowest BCUT2D eigenvalue weighted by atomic mass is 9.68. The van der Waals surface area contributed by atoms with Crippen molar-refractivity contribution in [3.05, 3.63) is 0 Å². The molecule has 6 nitrogen and oxygen atoms in total. The summed E-state index contributed by atoms with van der Waals surface area (Å²) in [5.74, 6) is -0.777. The summed E-state index contributed by atoms with van der Waals surface area (Å²) in [5, 5.41) is 29.4. The van der Waals surface area contributed by atoms with Crippen LogP contribution in [0.3, 0.4) is 0 Å². The SMILES string of the molecule is CC(O)(CO)C(O)C12CC(=O)C(CCCO1)CC2=O. The molecule has 4 atom stereocenters. The van der Waals surface area contributed by atoms with E-state index in [-0.39, 0.29) is 36.9 Å². The normalized spacial score (nSPS) is 36.5. The largest absolute Gasteiger partial charge is 0.393 e. The summed E-state index contributed by atoms with van der Waals surface area (Å²) in [5.41, 5.74) is -3.60. The monoisotopic (exact) mass is 272 g/mol. The molecule has 0 aromatic heterocycles. The van der Waals surface area contributed by atoms with Crippen LogP contribution in [0.5, 0.6) is 0 Å². The van der Waals surface area contributed by atoms with E-state index in [1.807, 2.05) is 0 Å². The predicted octanol–water partition coefficient (Wildman–Crippen LogP) is -0.812. The second kappa shape index (κ2) is 4.94. The van der Waals surface area contributed by atoms with E-state index in [9.17, 15) is 19.8 Å². The Morgan fingerprint density at radius 2 is 2.21 bits per heavy atom. The van der Waals surface area contributed by atoms with Gasteiger partial charge in [-0.1, -0.05) is 0 Å². The maximum atomic E-state index is 12.3. The second-order valence-corrected chi connectivity index (χ2v) is 5.77. The fraction of sp³-hybridized carbons (Fsp3) is 0.846. The van der Waals surface area contributed by atoms with Crippen LogP contribution in [0.2, 0.25) is 0 Å². The third-order valence-electron chi connectivity index (χ3n) is 4.20. The van der Waals surface area contributed by atoms with Gasteiger partial charge in [-0.3, -0.25) is 9.59 Å². The molecule has 3 fully saturated rings. The Labute approximate surface area is 111 Å². The standard InChI is InChI=1S/C13H20O6/c1-12(18,7-14)11(17)13-6-9(15)8(5-10(13)16)3-2-4-19-13/h8,11,14,17-18H,2-7H2,1H3. The molecule has 0 amide bonds. The van der Waals surface area contributed by atoms with Crippen LogP contribution in [0, 0.1) is 5.92 Å². The van der Waals surface area contributed by atoms with E-state index in [0.717, 1.165) is 0 Å². The quantitative estimate of drug-likeness (QED) is 0.620. The van der Waals surface area contributed by atoms with Crippen molar-refractivity contribution in [2.24, 2.45) is 5.92 Å². The molecule has 2 aliphatic heterocycles. The average Bonchev–Trinajstić information content (AvgIpc) is 2.35. The molecule has 3 rings (SSSR count). The highest BCUT2D eigenvalue weighted by Crippen LogP contribution is 2.39. The van der Waals surface area contributed by atoms with Crippen LogP contribution >= 0.6 is 0 Å². The third kappa shape index (κ3) is 2.33. The summed E-state index contributed by atoms with van der Waals surface area (Å²) in [6.45, 7) is 0.761. The highest BCUT2D eigenvalue weighted by molar-refractivity contribution is 6.01. The highest BCUT2D eigenvalue weighted by Gasteiger charge is 2.58. The van der Waals surface area contributed by atoms with Gasteiger partial charge in [0.2, 0.25) is 0 Å². The lowest BCUT2D eigenvalue weighted by molar-refractivity contribution is -0.213. The Morgan fingerprint density at radius 3 is 2.84 bits per heavy atom. The van der Waals surface area contributed by atoms with E-state index in [2.05, 4.69) is 0 Å². The molecule has 4 unspecified atom stereocenters. The van der Waals surface area contributed by atoms with Gasteiger partial charge in [-0.25, -0.2) is 0 Å². The maximum absolute atomic E-state index is 12.3. The van der Waals surface area contributed by atoms with E-state index in [4.69, 9.17) is 9.84 Å². The van der Waals surface area contributed by atoms with Gasteiger partial charge in [-0.05, 0) is 19.8 Å². The number of hydrogen-bond acceptors (Lipinski definition) is 6. The molecule has 2 bridgehead atoms. The number of aliphatic hydroxyl groups is 3. The van der Waals surface area contributed by atoms with E-state index in [0.29, 0.717) is 12.8 Å². The van der Waals surface area contributed by atoms with Crippen LogP contribution in [-0.2, 0) is 14.3 Å². The first-order valence-electron chi connectivity index (χ1n) is 6.55. The van der Waals surface area contributed by atoms with Crippen molar-refractivity contribution < 1.29 is 29.6 Å². The zero-order chi connectivity index (χ0) is 14.3. The Balaban J connectivity index is 2.37. The summed E-state index contributed by atoms with van der Waals surface area (Å²) < 4.78 is 5.50. The molecule has 6 heteroatoms. The van der Waals surface area contributed by atoms with Gasteiger partial charge in [0.15, 0.2) is 11.4 Å². The van der Waals surface area contributed by atoms with Crippen LogP contribution < -0.4 is 0 Å². The molecule has 1 aliphatic carbocycles. The Hall–Kier alpha value is -0.820. The predicted molar refractivity (Wildman–Crippen MR) is 64.4 cm³/mol. The van der Waals surface area contributed by atoms with Crippen molar-refractivity contribution >= 4 is 11.6 Å². The molecule has 0 aromatic rings. The first-order chi connectivity index (χ1) is 8.83. The summed E-state index contributed by atoms with van der Waals surface area (Å²) in [6.07, 6.45) is -0.557. The van der Waals surface area contributed by atoms with Crippen molar-refractivity contribution in [2.45, 2.75) is 49.9 Å². The number of fused-ring (bicyclic) bond motifs is 5. The van der Waals surface area contributed by atoms with Gasteiger partial charge in [-0.15, -0.1) is 0 Å². The number of carbonyl (C=O) groups is 2. The Kier molecular flexibility index (Phi) is 3.79. The molecule has 0 spiro atoms. The molecule has 19 heavy (non-hydrogen) atoms. The lowest BCUT2D eigenvalue weighted by Crippen LogP contribution is -2.65. The van der Waals surface area contributed by atoms with Crippen molar-refractivity contribution in [1.29, 1.82) is 0 Å². The smallest absolute Gasteiger partial charge is 0.168 e. The molecule has 2 saturated heterocycles. The molecular formula is C13H20O6. The average molecular weight is 272 g/mol. The van der Waals surface area contributed by atoms with Gasteiger partial charge in [0.05, 0.1) is 6.61 Å². The van der Waals surface area contributed by atoms with E-state index in [1.165, 1.54) is 6.92 Å². The number of aliphatic hydroxyl groups excluding tert-OH is 2. The second-order valence-electron chi connectivity index (χ2n) is 5.77. The van der Waals surface area contributed by atoms with Crippen molar-refractivity contribution in [1.82, 2.24) is 0 Å². The molecule has 3 aliphatic rings. The van der Waals surface area contributed by atoms with Gasteiger partial charge in [0.25, 0.3) is 0 Å². The Morgan fingerprint density at radius 1 is 1.53 bits per heavy atom. The zero-order valence-corrected chi connectivity index (χ0v) is 11.0. The van der Waals surface area contributed by atoms with Crippen LogP contribution in [0.1, 0.15) is 32.6 Å². The minimum absolute atomic E-state index is 0.0391. The summed E-state index contributed by atoms with van der Waals surface area (Å²) in [7, 11) is 0. The molecule has 3 N–H and O–H groups in total. The summed E-state index contributed by atoms with van der Waals surface area (Å²) in [6, 6.07) is 0. The molecule has 0 radical (unpaired) electrons. The van der Waals surface area contributed by atoms with Gasteiger partial charge in [-0.2, -0.15) is 0 Å². The number of hydrogen-bond donors (Lipinski definition) is 3. The lowest BCUT2D eigenvalue weighted by Gasteiger charge is -2.46. The van der Waals surface area contributed by atoms with Gasteiger partial charge in [0.1, 0.15) is 17.5 Å². The van der Waals surface area contributed by atoms with E-state index >= 15 is 0 Å². The van der Waals surface area contributed by atoms with Crippen LogP contribution in [0.15, 0.2) is 0 Å². The maximum Gasteiger partial charge on any atom is 0.168 e. The first-order valence-corrected chi connectivity index (χ1v) is 6.55. The van der Waals surface area contributed by atoms with Crippen LogP contribution in [0.25, 0.3) is 0 Å². The van der Waals surface area contributed by atoms with E-state index < -0.39 is 23.9 Å². The van der Waals surface area contributed by atoms with Gasteiger partial charge < -0.3 is 20.1 Å². The molecular weight excluding hydrogens is 252 g/mol. The molecule has 1 saturated carbocycles. The third-order valence-corrected chi connectivity index (χ3v) is 4.20. The summed E-state index contributed by atoms with van der Waals surface area (Å²) in [4.78, 5) is 24.3. The van der Waals surface area contributed by atoms with Crippen molar-refractivity contribution in [3.8, 4) is 0 Å². The zero-order valence-electron chi connectivity index (χ0n) is 11.0. The van der Waals surface area contributed by atoms with Gasteiger partial charge in [0, 0.05) is 25.4 Å². The minimum atomic E-state index is -1.89. The fourth-order valence-corrected chi connectivity index (χ4v) is 2.91. The minimum Gasteiger partial charge on any atom is -0.393 e. The molecule has 108 valence electrons. The molecule has 0 aromatic carbocycles. The highest BCUT2D eigenvalue weighted by atomic mass is 16.5. The van der Waals surface area contributed by atoms with Crippen molar-refractivity contribution in [3.63, 3.8) is 0 Å². The number of ether oxygens (including phenoxy) is 1. The number of Topliss-reactive ketones (excluding diaryl/α,β-unsaturated/α-hetero) is 2. The van der Waals surface area contributed by atoms with E-state index in [1.54, 1.807) is 0 Å². The first kappa shape index (κ1) is 14.6. The topological polar surface area (TPSA) is 104 Å². The fourth-order valence-electron chi connectivity index (χ4n) is 2.91. The van der Waals surface area contributed by atoms with Gasteiger partial charge >= 0.3 is 0 Å². The Bertz CT molecular complexity index is 391. The number of rotatable bonds is 3.